The molecule has 1 aromatic carbocycles. The predicted octanol–water partition coefficient (Wildman–Crippen LogP) is 2.17. The molecule has 17 heavy (non-hydrogen) atoms. The number of ether oxygens (including phenoxy) is 1. The highest BCUT2D eigenvalue weighted by Crippen LogP contribution is 2.35. The van der Waals surface area contributed by atoms with Crippen LogP contribution in [-0.2, 0) is 4.74 Å². The molecule has 1 aliphatic carbocycles. The number of para-hydroxylation sites is 1. The maximum atomic E-state index is 11.0. The zero-order valence-electron chi connectivity index (χ0n) is 9.47. The van der Waals surface area contributed by atoms with Crippen molar-refractivity contribution in [2.45, 2.75) is 12.5 Å². The lowest BCUT2D eigenvalue weighted by atomic mass is 10.3. The van der Waals surface area contributed by atoms with Gasteiger partial charge in [-0.05, 0) is 18.6 Å². The summed E-state index contributed by atoms with van der Waals surface area (Å²) in [5.41, 5.74) is 0.961. The van der Waals surface area contributed by atoms with Crippen molar-refractivity contribution in [3.05, 3.63) is 30.3 Å². The number of hydrogen-bond acceptors (Lipinski definition) is 3. The van der Waals surface area contributed by atoms with Crippen LogP contribution in [0.3, 0.4) is 0 Å². The molecule has 2 unspecified atom stereocenters. The van der Waals surface area contributed by atoms with E-state index in [-0.39, 0.29) is 12.0 Å². The van der Waals surface area contributed by atoms with Gasteiger partial charge in [0.25, 0.3) is 0 Å². The Bertz CT molecular complexity index is 422. The Hall–Kier alpha value is -1.62. The molecular formula is C12H14N2O2S. The quantitative estimate of drug-likeness (QED) is 0.807. The van der Waals surface area contributed by atoms with Crippen LogP contribution in [0.2, 0.25) is 0 Å². The summed E-state index contributed by atoms with van der Waals surface area (Å²) in [6.45, 7) is 0. The smallest absolute Gasteiger partial charge is 0.407 e. The Morgan fingerprint density at radius 2 is 2.12 bits per heavy atom. The van der Waals surface area contributed by atoms with Crippen LogP contribution in [0.4, 0.5) is 10.5 Å². The molecule has 1 amide bonds. The van der Waals surface area contributed by atoms with Crippen molar-refractivity contribution in [1.29, 1.82) is 0 Å². The monoisotopic (exact) mass is 250 g/mol. The summed E-state index contributed by atoms with van der Waals surface area (Å²) in [7, 11) is 1.54. The molecule has 0 bridgehead atoms. The molecule has 0 spiro atoms. The fourth-order valence-electron chi connectivity index (χ4n) is 1.53. The number of thiocarbonyl (C=S) groups is 1. The van der Waals surface area contributed by atoms with E-state index in [4.69, 9.17) is 17.0 Å². The molecule has 1 aliphatic rings. The largest absolute Gasteiger partial charge is 0.445 e. The van der Waals surface area contributed by atoms with E-state index in [1.807, 2.05) is 30.3 Å². The van der Waals surface area contributed by atoms with Crippen LogP contribution in [-0.4, -0.2) is 24.2 Å². The SMILES string of the molecule is CNC(=O)OC1CC1C(=S)Nc1ccccc1. The molecular weight excluding hydrogens is 236 g/mol. The Balaban J connectivity index is 1.81. The van der Waals surface area contributed by atoms with Crippen LogP contribution in [0, 0.1) is 5.92 Å². The Morgan fingerprint density at radius 3 is 2.76 bits per heavy atom. The first kappa shape index (κ1) is 11.9. The summed E-state index contributed by atoms with van der Waals surface area (Å²) in [6, 6.07) is 9.72. The number of carbonyl (C=O) groups excluding carboxylic acids is 1. The molecule has 2 N–H and O–H groups in total. The Labute approximate surface area is 105 Å². The van der Waals surface area contributed by atoms with Crippen molar-refractivity contribution >= 4 is 29.0 Å². The van der Waals surface area contributed by atoms with Gasteiger partial charge in [-0.3, -0.25) is 0 Å². The average molecular weight is 250 g/mol. The lowest BCUT2D eigenvalue weighted by Gasteiger charge is -2.07. The van der Waals surface area contributed by atoms with E-state index in [1.54, 1.807) is 7.05 Å². The molecule has 2 atom stereocenters. The van der Waals surface area contributed by atoms with Crippen molar-refractivity contribution < 1.29 is 9.53 Å². The fraction of sp³-hybridized carbons (Fsp3) is 0.333. The summed E-state index contributed by atoms with van der Waals surface area (Å²) in [4.78, 5) is 11.7. The van der Waals surface area contributed by atoms with Crippen LogP contribution in [0.5, 0.6) is 0 Å². The second-order valence-corrected chi connectivity index (χ2v) is 4.33. The average Bonchev–Trinajstić information content (AvgIpc) is 3.09. The number of nitrogens with one attached hydrogen (secondary N) is 2. The Morgan fingerprint density at radius 1 is 1.41 bits per heavy atom. The zero-order valence-corrected chi connectivity index (χ0v) is 10.3. The van der Waals surface area contributed by atoms with E-state index >= 15 is 0 Å². The highest BCUT2D eigenvalue weighted by atomic mass is 32.1. The third-order valence-electron chi connectivity index (χ3n) is 2.57. The number of rotatable bonds is 3. The second kappa shape index (κ2) is 5.14. The van der Waals surface area contributed by atoms with Crippen molar-refractivity contribution in [2.75, 3.05) is 12.4 Å². The van der Waals surface area contributed by atoms with E-state index in [0.29, 0.717) is 0 Å². The minimum Gasteiger partial charge on any atom is -0.445 e. The van der Waals surface area contributed by atoms with Gasteiger partial charge in [-0.2, -0.15) is 0 Å². The van der Waals surface area contributed by atoms with Crippen molar-refractivity contribution in [3.8, 4) is 0 Å². The van der Waals surface area contributed by atoms with Gasteiger partial charge in [-0.15, -0.1) is 0 Å². The molecule has 1 fully saturated rings. The third kappa shape index (κ3) is 3.17. The lowest BCUT2D eigenvalue weighted by molar-refractivity contribution is 0.139. The first-order chi connectivity index (χ1) is 8.20. The topological polar surface area (TPSA) is 50.4 Å². The fourth-order valence-corrected chi connectivity index (χ4v) is 1.90. The van der Waals surface area contributed by atoms with Gasteiger partial charge in [0, 0.05) is 12.7 Å². The number of amides is 1. The van der Waals surface area contributed by atoms with Crippen LogP contribution >= 0.6 is 12.2 Å². The van der Waals surface area contributed by atoms with Crippen LogP contribution in [0.1, 0.15) is 6.42 Å². The van der Waals surface area contributed by atoms with Crippen LogP contribution < -0.4 is 10.6 Å². The zero-order chi connectivity index (χ0) is 12.3. The number of hydrogen-bond donors (Lipinski definition) is 2. The first-order valence-electron chi connectivity index (χ1n) is 5.45. The van der Waals surface area contributed by atoms with Crippen molar-refractivity contribution in [2.24, 2.45) is 5.92 Å². The third-order valence-corrected chi connectivity index (χ3v) is 2.98. The Kier molecular flexibility index (Phi) is 3.58. The molecule has 5 heteroatoms. The maximum absolute atomic E-state index is 11.0. The highest BCUT2D eigenvalue weighted by Gasteiger charge is 2.44. The lowest BCUT2D eigenvalue weighted by Crippen LogP contribution is -2.22. The highest BCUT2D eigenvalue weighted by molar-refractivity contribution is 7.80. The molecule has 1 aromatic rings. The summed E-state index contributed by atoms with van der Waals surface area (Å²) in [5, 5.41) is 5.57. The van der Waals surface area contributed by atoms with E-state index in [1.165, 1.54) is 0 Å². The number of anilines is 1. The van der Waals surface area contributed by atoms with Crippen LogP contribution in [0.15, 0.2) is 30.3 Å². The molecule has 1 saturated carbocycles. The molecule has 4 nitrogen and oxygen atoms in total. The van der Waals surface area contributed by atoms with Crippen molar-refractivity contribution in [1.82, 2.24) is 5.32 Å². The molecule has 0 heterocycles. The van der Waals surface area contributed by atoms with Gasteiger partial charge in [-0.25, -0.2) is 4.79 Å². The summed E-state index contributed by atoms with van der Waals surface area (Å²) < 4.78 is 5.10. The molecule has 90 valence electrons. The van der Waals surface area contributed by atoms with Gasteiger partial charge in [-0.1, -0.05) is 30.4 Å². The van der Waals surface area contributed by atoms with Gasteiger partial charge in [0.15, 0.2) is 0 Å². The molecule has 0 radical (unpaired) electrons. The molecule has 2 rings (SSSR count). The van der Waals surface area contributed by atoms with E-state index in [0.717, 1.165) is 17.1 Å². The van der Waals surface area contributed by atoms with Gasteiger partial charge < -0.3 is 15.4 Å². The van der Waals surface area contributed by atoms with E-state index in [2.05, 4.69) is 10.6 Å². The minimum absolute atomic E-state index is 0.0846. The van der Waals surface area contributed by atoms with E-state index in [9.17, 15) is 4.79 Å². The van der Waals surface area contributed by atoms with Crippen molar-refractivity contribution in [3.63, 3.8) is 0 Å². The summed E-state index contributed by atoms with van der Waals surface area (Å²) >= 11 is 5.27. The molecule has 0 aromatic heterocycles. The number of benzene rings is 1. The second-order valence-electron chi connectivity index (χ2n) is 3.89. The first-order valence-corrected chi connectivity index (χ1v) is 5.86. The van der Waals surface area contributed by atoms with Gasteiger partial charge in [0.1, 0.15) is 6.10 Å². The minimum atomic E-state index is -0.403. The van der Waals surface area contributed by atoms with Crippen LogP contribution in [0.25, 0.3) is 0 Å². The number of carbonyl (C=O) groups is 1. The van der Waals surface area contributed by atoms with E-state index < -0.39 is 6.09 Å². The normalized spacial score (nSPS) is 21.5. The summed E-state index contributed by atoms with van der Waals surface area (Å²) in [5.74, 6) is 0.141. The standard InChI is InChI=1S/C12H14N2O2S/c1-13-12(15)16-10-7-9(10)11(17)14-8-5-3-2-4-6-8/h2-6,9-10H,7H2,1H3,(H,13,15)(H,14,17). The van der Waals surface area contributed by atoms with Gasteiger partial charge >= 0.3 is 6.09 Å². The maximum Gasteiger partial charge on any atom is 0.407 e. The molecule has 0 saturated heterocycles. The number of alkyl carbamates (subject to hydrolysis) is 1. The summed E-state index contributed by atoms with van der Waals surface area (Å²) in [6.07, 6.45) is 0.310. The van der Waals surface area contributed by atoms with Gasteiger partial charge in [0.05, 0.1) is 10.9 Å². The predicted molar refractivity (Wildman–Crippen MR) is 70.1 cm³/mol. The van der Waals surface area contributed by atoms with Gasteiger partial charge in [0.2, 0.25) is 0 Å². The molecule has 0 aliphatic heterocycles.